The number of nitrogens with zero attached hydrogens (tertiary/aromatic N) is 1. The summed E-state index contributed by atoms with van der Waals surface area (Å²) in [5.74, 6) is 0.119. The van der Waals surface area contributed by atoms with Crippen LogP contribution in [0.1, 0.15) is 12.0 Å². The first-order valence-corrected chi connectivity index (χ1v) is 7.65. The Morgan fingerprint density at radius 3 is 2.42 bits per heavy atom. The van der Waals surface area contributed by atoms with Gasteiger partial charge in [0.05, 0.1) is 30.0 Å². The lowest BCUT2D eigenvalue weighted by Crippen LogP contribution is -2.28. The number of methoxy groups -OCH3 is 1. The number of nitrogens with two attached hydrogens (primary N) is 1. The van der Waals surface area contributed by atoms with Crippen LogP contribution < -0.4 is 15.8 Å². The van der Waals surface area contributed by atoms with Gasteiger partial charge in [0, 0.05) is 19.7 Å². The van der Waals surface area contributed by atoms with Gasteiger partial charge in [0.15, 0.2) is 0 Å². The second-order valence-corrected chi connectivity index (χ2v) is 5.36. The average Bonchev–Trinajstić information content (AvgIpc) is 2.61. The fraction of sp³-hybridized carbons (Fsp3) is 0.294. The third kappa shape index (κ3) is 5.71. The van der Waals surface area contributed by atoms with Crippen molar-refractivity contribution in [3.63, 3.8) is 0 Å². The number of amides is 1. The van der Waals surface area contributed by atoms with E-state index in [2.05, 4.69) is 10.3 Å². The first-order chi connectivity index (χ1) is 12.3. The molecule has 1 amide bonds. The summed E-state index contributed by atoms with van der Waals surface area (Å²) in [6.07, 6.45) is -3.29. The van der Waals surface area contributed by atoms with Crippen LogP contribution in [0.5, 0.6) is 11.6 Å². The number of alkyl halides is 3. The van der Waals surface area contributed by atoms with Crippen molar-refractivity contribution in [1.29, 1.82) is 0 Å². The molecule has 0 fully saturated rings. The summed E-state index contributed by atoms with van der Waals surface area (Å²) in [5, 5.41) is 2.64. The molecule has 3 N–H and O–H groups in total. The van der Waals surface area contributed by atoms with Gasteiger partial charge in [0.25, 0.3) is 0 Å². The van der Waals surface area contributed by atoms with E-state index in [0.29, 0.717) is 5.69 Å². The van der Waals surface area contributed by atoms with Crippen LogP contribution in [0, 0.1) is 0 Å². The van der Waals surface area contributed by atoms with E-state index in [0.717, 1.165) is 12.1 Å². The molecule has 9 heteroatoms. The molecule has 0 aliphatic heterocycles. The zero-order valence-corrected chi connectivity index (χ0v) is 13.9. The number of pyridine rings is 1. The van der Waals surface area contributed by atoms with E-state index in [-0.39, 0.29) is 36.6 Å². The Morgan fingerprint density at radius 1 is 1.23 bits per heavy atom. The maximum atomic E-state index is 12.5. The van der Waals surface area contributed by atoms with Crippen molar-refractivity contribution in [3.8, 4) is 11.6 Å². The molecule has 1 aromatic heterocycles. The Balaban J connectivity index is 1.94. The van der Waals surface area contributed by atoms with Crippen LogP contribution in [0.3, 0.4) is 0 Å². The number of hydrogen-bond donors (Lipinski definition) is 2. The largest absolute Gasteiger partial charge is 0.439 e. The summed E-state index contributed by atoms with van der Waals surface area (Å²) in [6, 6.07) is 7.32. The number of ether oxygens (including phenoxy) is 2. The lowest BCUT2D eigenvalue weighted by atomic mass is 10.2. The fourth-order valence-electron chi connectivity index (χ4n) is 2.03. The minimum Gasteiger partial charge on any atom is -0.439 e. The predicted molar refractivity (Wildman–Crippen MR) is 88.9 cm³/mol. The van der Waals surface area contributed by atoms with Crippen molar-refractivity contribution < 1.29 is 27.4 Å². The molecule has 0 radical (unpaired) electrons. The Hall–Kier alpha value is -2.65. The molecule has 2 rings (SSSR count). The molecule has 0 saturated carbocycles. The number of halogens is 3. The normalized spacial score (nSPS) is 12.5. The summed E-state index contributed by atoms with van der Waals surface area (Å²) in [7, 11) is 1.47. The van der Waals surface area contributed by atoms with Crippen molar-refractivity contribution in [3.05, 3.63) is 48.2 Å². The molecule has 1 unspecified atom stereocenters. The van der Waals surface area contributed by atoms with E-state index >= 15 is 0 Å². The number of nitrogens with one attached hydrogen (secondary N) is 1. The molecule has 1 heterocycles. The van der Waals surface area contributed by atoms with Crippen molar-refractivity contribution in [2.75, 3.05) is 19.0 Å². The second-order valence-electron chi connectivity index (χ2n) is 5.36. The first kappa shape index (κ1) is 19.7. The van der Waals surface area contributed by atoms with Crippen molar-refractivity contribution in [1.82, 2.24) is 4.98 Å². The second kappa shape index (κ2) is 8.63. The molecule has 26 heavy (non-hydrogen) atoms. The van der Waals surface area contributed by atoms with E-state index in [1.807, 2.05) is 0 Å². The molecule has 140 valence electrons. The van der Waals surface area contributed by atoms with E-state index < -0.39 is 11.7 Å². The molecule has 6 nitrogen and oxygen atoms in total. The lowest BCUT2D eigenvalue weighted by Gasteiger charge is -2.12. The van der Waals surface area contributed by atoms with Crippen LogP contribution in [0.4, 0.5) is 18.9 Å². The molecule has 1 atom stereocenters. The van der Waals surface area contributed by atoms with Crippen LogP contribution in [-0.2, 0) is 15.7 Å². The summed E-state index contributed by atoms with van der Waals surface area (Å²) in [6.45, 7) is 0.224. The number of benzene rings is 1. The van der Waals surface area contributed by atoms with Gasteiger partial charge in [0.2, 0.25) is 11.8 Å². The highest BCUT2D eigenvalue weighted by atomic mass is 19.4. The molecular formula is C17H18F3N3O3. The van der Waals surface area contributed by atoms with Crippen LogP contribution in [0.15, 0.2) is 42.6 Å². The van der Waals surface area contributed by atoms with Gasteiger partial charge in [0.1, 0.15) is 5.75 Å². The lowest BCUT2D eigenvalue weighted by molar-refractivity contribution is -0.137. The van der Waals surface area contributed by atoms with Gasteiger partial charge in [-0.1, -0.05) is 0 Å². The zero-order valence-electron chi connectivity index (χ0n) is 13.9. The number of hydrogen-bond acceptors (Lipinski definition) is 5. The number of anilines is 1. The van der Waals surface area contributed by atoms with Crippen molar-refractivity contribution in [2.45, 2.75) is 18.7 Å². The molecule has 0 aliphatic carbocycles. The van der Waals surface area contributed by atoms with Gasteiger partial charge in [-0.2, -0.15) is 13.2 Å². The summed E-state index contributed by atoms with van der Waals surface area (Å²) in [5.41, 5.74) is 5.14. The predicted octanol–water partition coefficient (Wildman–Crippen LogP) is 3.20. The van der Waals surface area contributed by atoms with E-state index in [9.17, 15) is 18.0 Å². The summed E-state index contributed by atoms with van der Waals surface area (Å²) < 4.78 is 48.0. The van der Waals surface area contributed by atoms with Gasteiger partial charge in [-0.05, 0) is 30.3 Å². The number of aromatic nitrogens is 1. The maximum Gasteiger partial charge on any atom is 0.416 e. The number of rotatable bonds is 7. The van der Waals surface area contributed by atoms with Gasteiger partial charge in [-0.25, -0.2) is 4.98 Å². The van der Waals surface area contributed by atoms with E-state index in [1.165, 1.54) is 31.5 Å². The number of carbonyl (C=O) groups is 1. The molecule has 0 spiro atoms. The zero-order chi connectivity index (χ0) is 19.2. The third-order valence-corrected chi connectivity index (χ3v) is 3.43. The fourth-order valence-corrected chi connectivity index (χ4v) is 2.03. The first-order valence-electron chi connectivity index (χ1n) is 7.65. The Kier molecular flexibility index (Phi) is 6.53. The molecule has 0 saturated heterocycles. The quantitative estimate of drug-likeness (QED) is 0.783. The maximum absolute atomic E-state index is 12.5. The topological polar surface area (TPSA) is 86.5 Å². The van der Waals surface area contributed by atoms with Crippen LogP contribution >= 0.6 is 0 Å². The van der Waals surface area contributed by atoms with Gasteiger partial charge in [-0.15, -0.1) is 0 Å². The standard InChI is InChI=1S/C17H18F3N3O3/c1-25-14(9-21)8-15(24)23-12-4-7-16(22-10-12)26-13-5-2-11(3-6-13)17(18,19)20/h2-7,10,14H,8-9,21H2,1H3,(H,23,24). The highest BCUT2D eigenvalue weighted by Gasteiger charge is 2.30. The van der Waals surface area contributed by atoms with Crippen molar-refractivity contribution >= 4 is 11.6 Å². The molecular weight excluding hydrogens is 351 g/mol. The average molecular weight is 369 g/mol. The van der Waals surface area contributed by atoms with E-state index in [1.54, 1.807) is 6.07 Å². The SMILES string of the molecule is COC(CN)CC(=O)Nc1ccc(Oc2ccc(C(F)(F)F)cc2)nc1. The Labute approximate surface area is 148 Å². The summed E-state index contributed by atoms with van der Waals surface area (Å²) >= 11 is 0. The molecule has 0 aliphatic rings. The van der Waals surface area contributed by atoms with Crippen molar-refractivity contribution in [2.24, 2.45) is 5.73 Å². The molecule has 2 aromatic rings. The minimum absolute atomic E-state index is 0.108. The Morgan fingerprint density at radius 2 is 1.92 bits per heavy atom. The van der Waals surface area contributed by atoms with Crippen LogP contribution in [-0.4, -0.2) is 30.6 Å². The van der Waals surface area contributed by atoms with Gasteiger partial charge >= 0.3 is 6.18 Å². The third-order valence-electron chi connectivity index (χ3n) is 3.43. The molecule has 1 aromatic carbocycles. The van der Waals surface area contributed by atoms with Gasteiger partial charge in [-0.3, -0.25) is 4.79 Å². The smallest absolute Gasteiger partial charge is 0.416 e. The monoisotopic (exact) mass is 369 g/mol. The highest BCUT2D eigenvalue weighted by Crippen LogP contribution is 2.31. The highest BCUT2D eigenvalue weighted by molar-refractivity contribution is 5.90. The van der Waals surface area contributed by atoms with Gasteiger partial charge < -0.3 is 20.5 Å². The minimum atomic E-state index is -4.40. The van der Waals surface area contributed by atoms with Crippen LogP contribution in [0.25, 0.3) is 0 Å². The number of carbonyl (C=O) groups excluding carboxylic acids is 1. The van der Waals surface area contributed by atoms with Crippen LogP contribution in [0.2, 0.25) is 0 Å². The Bertz CT molecular complexity index is 715. The van der Waals surface area contributed by atoms with E-state index in [4.69, 9.17) is 15.2 Å². The molecule has 0 bridgehead atoms. The summed E-state index contributed by atoms with van der Waals surface area (Å²) in [4.78, 5) is 15.8.